The molecule has 2 aromatic carbocycles. The normalized spacial score (nSPS) is 16.1. The highest BCUT2D eigenvalue weighted by Gasteiger charge is 2.29. The van der Waals surface area contributed by atoms with Gasteiger partial charge in [-0.25, -0.2) is 13.6 Å². The lowest BCUT2D eigenvalue weighted by Gasteiger charge is -2.34. The summed E-state index contributed by atoms with van der Waals surface area (Å²) in [5.74, 6) is -0.882. The van der Waals surface area contributed by atoms with Crippen molar-refractivity contribution in [2.24, 2.45) is 0 Å². The average molecular weight is 445 g/mol. The summed E-state index contributed by atoms with van der Waals surface area (Å²) < 4.78 is 39.5. The van der Waals surface area contributed by atoms with Crippen molar-refractivity contribution in [3.8, 4) is 5.75 Å². The van der Waals surface area contributed by atoms with E-state index in [1.807, 2.05) is 33.8 Å². The second-order valence-corrected chi connectivity index (χ2v) is 9.44. The van der Waals surface area contributed by atoms with E-state index < -0.39 is 17.2 Å². The Morgan fingerprint density at radius 3 is 2.66 bits per heavy atom. The minimum Gasteiger partial charge on any atom is -0.490 e. The van der Waals surface area contributed by atoms with E-state index in [-0.39, 0.29) is 12.6 Å². The smallest absolute Gasteiger partial charge is 0.410 e. The SMILES string of the molecule is Cc1c2c(cc3c1N(Cc1cccc(F)c1F)CCO3)CCN(C(=O)OC(C)(C)C)CC2. The van der Waals surface area contributed by atoms with Crippen molar-refractivity contribution >= 4 is 11.8 Å². The molecule has 4 rings (SSSR count). The van der Waals surface area contributed by atoms with Crippen LogP contribution in [-0.4, -0.2) is 42.8 Å². The van der Waals surface area contributed by atoms with E-state index in [0.717, 1.165) is 28.6 Å². The maximum absolute atomic E-state index is 14.3. The number of amides is 1. The van der Waals surface area contributed by atoms with Crippen molar-refractivity contribution in [2.75, 3.05) is 31.1 Å². The molecule has 0 saturated carbocycles. The number of hydrogen-bond acceptors (Lipinski definition) is 4. The molecule has 32 heavy (non-hydrogen) atoms. The van der Waals surface area contributed by atoms with E-state index in [0.29, 0.717) is 44.6 Å². The summed E-state index contributed by atoms with van der Waals surface area (Å²) in [7, 11) is 0. The number of nitrogens with zero attached hydrogens (tertiary/aromatic N) is 2. The lowest BCUT2D eigenvalue weighted by atomic mass is 9.94. The maximum Gasteiger partial charge on any atom is 0.410 e. The van der Waals surface area contributed by atoms with Gasteiger partial charge < -0.3 is 19.3 Å². The Labute approximate surface area is 187 Å². The predicted octanol–water partition coefficient (Wildman–Crippen LogP) is 5.01. The molecule has 2 aliphatic rings. The molecule has 2 heterocycles. The Balaban J connectivity index is 1.61. The molecule has 0 radical (unpaired) electrons. The first kappa shape index (κ1) is 22.4. The van der Waals surface area contributed by atoms with Gasteiger partial charge in [0.25, 0.3) is 0 Å². The van der Waals surface area contributed by atoms with E-state index in [9.17, 15) is 13.6 Å². The molecule has 7 heteroatoms. The molecule has 0 unspecified atom stereocenters. The third-order valence-electron chi connectivity index (χ3n) is 6.00. The fraction of sp³-hybridized carbons (Fsp3) is 0.480. The van der Waals surface area contributed by atoms with Gasteiger partial charge in [-0.2, -0.15) is 0 Å². The van der Waals surface area contributed by atoms with Gasteiger partial charge in [0.05, 0.1) is 12.2 Å². The number of anilines is 1. The van der Waals surface area contributed by atoms with Crippen LogP contribution in [0.2, 0.25) is 0 Å². The van der Waals surface area contributed by atoms with E-state index in [4.69, 9.17) is 9.47 Å². The Morgan fingerprint density at radius 2 is 1.91 bits per heavy atom. The highest BCUT2D eigenvalue weighted by molar-refractivity contribution is 5.71. The van der Waals surface area contributed by atoms with Gasteiger partial charge in [-0.3, -0.25) is 0 Å². The van der Waals surface area contributed by atoms with Crippen molar-refractivity contribution in [1.29, 1.82) is 0 Å². The summed E-state index contributed by atoms with van der Waals surface area (Å²) in [5, 5.41) is 0. The molecule has 0 aliphatic carbocycles. The molecular formula is C25H30F2N2O3. The molecule has 0 spiro atoms. The van der Waals surface area contributed by atoms with Gasteiger partial charge in [0, 0.05) is 25.2 Å². The van der Waals surface area contributed by atoms with E-state index in [1.54, 1.807) is 11.0 Å². The number of halogens is 2. The number of ether oxygens (including phenoxy) is 2. The first-order chi connectivity index (χ1) is 15.1. The van der Waals surface area contributed by atoms with Crippen LogP contribution >= 0.6 is 0 Å². The summed E-state index contributed by atoms with van der Waals surface area (Å²) in [6.45, 7) is 10.1. The van der Waals surface area contributed by atoms with E-state index in [2.05, 4.69) is 4.90 Å². The van der Waals surface area contributed by atoms with Crippen LogP contribution < -0.4 is 9.64 Å². The van der Waals surface area contributed by atoms with Crippen molar-refractivity contribution in [3.05, 3.63) is 58.2 Å². The second-order valence-electron chi connectivity index (χ2n) is 9.44. The van der Waals surface area contributed by atoms with Crippen LogP contribution in [0, 0.1) is 18.6 Å². The van der Waals surface area contributed by atoms with Gasteiger partial charge in [-0.15, -0.1) is 0 Å². The number of benzene rings is 2. The number of rotatable bonds is 2. The van der Waals surface area contributed by atoms with Gasteiger partial charge in [0.2, 0.25) is 0 Å². The molecule has 5 nitrogen and oxygen atoms in total. The first-order valence-corrected chi connectivity index (χ1v) is 11.1. The van der Waals surface area contributed by atoms with Crippen LogP contribution in [0.3, 0.4) is 0 Å². The largest absolute Gasteiger partial charge is 0.490 e. The first-order valence-electron chi connectivity index (χ1n) is 11.1. The Hall–Kier alpha value is -2.83. The van der Waals surface area contributed by atoms with Crippen LogP contribution in [-0.2, 0) is 24.1 Å². The molecule has 0 saturated heterocycles. The summed E-state index contributed by atoms with van der Waals surface area (Å²) in [6.07, 6.45) is 1.12. The summed E-state index contributed by atoms with van der Waals surface area (Å²) in [5.41, 5.74) is 4.12. The minimum absolute atomic E-state index is 0.267. The fourth-order valence-electron chi connectivity index (χ4n) is 4.49. The lowest BCUT2D eigenvalue weighted by Crippen LogP contribution is -2.38. The Bertz CT molecular complexity index is 1030. The van der Waals surface area contributed by atoms with Crippen LogP contribution in [0.1, 0.15) is 43.0 Å². The van der Waals surface area contributed by atoms with Crippen molar-refractivity contribution in [1.82, 2.24) is 4.90 Å². The number of hydrogen-bond donors (Lipinski definition) is 0. The lowest BCUT2D eigenvalue weighted by molar-refractivity contribution is 0.0258. The quantitative estimate of drug-likeness (QED) is 0.653. The van der Waals surface area contributed by atoms with Crippen molar-refractivity contribution < 1.29 is 23.0 Å². The molecule has 1 amide bonds. The topological polar surface area (TPSA) is 42.0 Å². The fourth-order valence-corrected chi connectivity index (χ4v) is 4.49. The summed E-state index contributed by atoms with van der Waals surface area (Å²) >= 11 is 0. The maximum atomic E-state index is 14.3. The standard InChI is InChI=1S/C25H30F2N2O3/c1-16-19-9-11-28(24(30)32-25(2,3)4)10-8-17(19)14-21-23(16)29(12-13-31-21)15-18-6-5-7-20(26)22(18)27/h5-7,14H,8-13,15H2,1-4H3. The van der Waals surface area contributed by atoms with Gasteiger partial charge in [0.1, 0.15) is 18.0 Å². The predicted molar refractivity (Wildman–Crippen MR) is 119 cm³/mol. The summed E-state index contributed by atoms with van der Waals surface area (Å²) in [4.78, 5) is 16.4. The molecular weight excluding hydrogens is 414 g/mol. The van der Waals surface area contributed by atoms with Crippen LogP contribution in [0.4, 0.5) is 19.3 Å². The third-order valence-corrected chi connectivity index (χ3v) is 6.00. The molecule has 2 aromatic rings. The molecule has 0 bridgehead atoms. The van der Waals surface area contributed by atoms with Gasteiger partial charge in [0.15, 0.2) is 11.6 Å². The van der Waals surface area contributed by atoms with Gasteiger partial charge in [-0.1, -0.05) is 12.1 Å². The van der Waals surface area contributed by atoms with E-state index in [1.165, 1.54) is 11.6 Å². The molecule has 0 N–H and O–H groups in total. The van der Waals surface area contributed by atoms with Crippen LogP contribution in [0.25, 0.3) is 0 Å². The zero-order valence-electron chi connectivity index (χ0n) is 19.1. The van der Waals surface area contributed by atoms with Crippen LogP contribution in [0.5, 0.6) is 5.75 Å². The van der Waals surface area contributed by atoms with E-state index >= 15 is 0 Å². The average Bonchev–Trinajstić information content (AvgIpc) is 2.93. The van der Waals surface area contributed by atoms with Crippen molar-refractivity contribution in [2.45, 2.75) is 52.7 Å². The highest BCUT2D eigenvalue weighted by Crippen LogP contribution is 2.40. The minimum atomic E-state index is -0.836. The highest BCUT2D eigenvalue weighted by atomic mass is 19.2. The Kier molecular flexibility index (Phi) is 6.01. The third kappa shape index (κ3) is 4.52. The number of fused-ring (bicyclic) bond motifs is 2. The molecule has 0 atom stereocenters. The zero-order chi connectivity index (χ0) is 23.0. The zero-order valence-corrected chi connectivity index (χ0v) is 19.1. The second kappa shape index (κ2) is 8.60. The van der Waals surface area contributed by atoms with Crippen LogP contribution in [0.15, 0.2) is 24.3 Å². The number of carbonyl (C=O) groups is 1. The molecule has 0 aromatic heterocycles. The molecule has 0 fully saturated rings. The summed E-state index contributed by atoms with van der Waals surface area (Å²) in [6, 6.07) is 6.33. The number of carbonyl (C=O) groups excluding carboxylic acids is 1. The monoisotopic (exact) mass is 444 g/mol. The Morgan fingerprint density at radius 1 is 1.16 bits per heavy atom. The van der Waals surface area contributed by atoms with Crippen molar-refractivity contribution in [3.63, 3.8) is 0 Å². The molecule has 2 aliphatic heterocycles. The van der Waals surface area contributed by atoms with Gasteiger partial charge >= 0.3 is 6.09 Å². The molecule has 172 valence electrons. The van der Waals surface area contributed by atoms with Gasteiger partial charge in [-0.05, 0) is 69.4 Å².